The van der Waals surface area contributed by atoms with Gasteiger partial charge in [0.25, 0.3) is 0 Å². The molecule has 0 spiro atoms. The fourth-order valence-corrected chi connectivity index (χ4v) is 6.47. The smallest absolute Gasteiger partial charge is 0.407 e. The molecule has 0 bridgehead atoms. The summed E-state index contributed by atoms with van der Waals surface area (Å²) in [5.74, 6) is 0.718. The zero-order valence-electron chi connectivity index (χ0n) is 30.3. The number of carbonyl (C=O) groups excluding carboxylic acids is 3. The minimum absolute atomic E-state index is 0.0294. The second-order valence-corrected chi connectivity index (χ2v) is 14.1. The van der Waals surface area contributed by atoms with Gasteiger partial charge in [0.1, 0.15) is 24.1 Å². The number of hydrogen-bond donors (Lipinski definition) is 3. The maximum Gasteiger partial charge on any atom is 0.407 e. The molecule has 2 aliphatic rings. The van der Waals surface area contributed by atoms with Gasteiger partial charge in [-0.2, -0.15) is 0 Å². The van der Waals surface area contributed by atoms with Gasteiger partial charge in [0, 0.05) is 30.1 Å². The van der Waals surface area contributed by atoms with Crippen molar-refractivity contribution in [2.45, 2.75) is 116 Å². The van der Waals surface area contributed by atoms with Crippen LogP contribution >= 0.6 is 0 Å². The summed E-state index contributed by atoms with van der Waals surface area (Å²) >= 11 is 0. The topological polar surface area (TPSA) is 147 Å². The third-order valence-corrected chi connectivity index (χ3v) is 9.49. The summed E-state index contributed by atoms with van der Waals surface area (Å²) in [6.45, 7) is 10.3. The summed E-state index contributed by atoms with van der Waals surface area (Å²) in [5, 5.41) is 14.3. The van der Waals surface area contributed by atoms with Crippen molar-refractivity contribution < 1.29 is 42.6 Å². The van der Waals surface area contributed by atoms with E-state index in [4.69, 9.17) is 19.0 Å². The van der Waals surface area contributed by atoms with Crippen molar-refractivity contribution in [3.8, 4) is 0 Å². The zero-order chi connectivity index (χ0) is 36.6. The molecular formula is C37H58FN3O8. The Morgan fingerprint density at radius 2 is 1.82 bits per heavy atom. The number of carboxylic acid groups (broad SMARTS) is 1. The number of halogens is 1. The van der Waals surface area contributed by atoms with Gasteiger partial charge in [-0.3, -0.25) is 4.79 Å². The van der Waals surface area contributed by atoms with Crippen molar-refractivity contribution in [1.82, 2.24) is 10.2 Å². The minimum atomic E-state index is -1.11. The number of nitrogens with one attached hydrogen (secondary N) is 2. The molecule has 2 fully saturated rings. The monoisotopic (exact) mass is 691 g/mol. The fraction of sp³-hybridized carbons (Fsp3) is 0.676. The molecule has 11 nitrogen and oxygen atoms in total. The van der Waals surface area contributed by atoms with Gasteiger partial charge in [-0.25, -0.2) is 14.0 Å². The first-order valence-corrected chi connectivity index (χ1v) is 17.5. The number of amides is 2. The van der Waals surface area contributed by atoms with E-state index in [2.05, 4.69) is 29.5 Å². The number of likely N-dealkylation sites (tertiary alicyclic amines) is 1. The lowest BCUT2D eigenvalue weighted by atomic mass is 9.76. The fourth-order valence-electron chi connectivity index (χ4n) is 6.47. The highest BCUT2D eigenvalue weighted by atomic mass is 19.1. The van der Waals surface area contributed by atoms with Crippen LogP contribution in [0.2, 0.25) is 0 Å². The minimum Gasteiger partial charge on any atom is -0.475 e. The number of nitrogens with zero attached hydrogens (tertiary/aromatic N) is 1. The molecule has 1 saturated heterocycles. The number of benzene rings is 1. The number of furan rings is 1. The predicted octanol–water partition coefficient (Wildman–Crippen LogP) is 7.48. The summed E-state index contributed by atoms with van der Waals surface area (Å²) in [4.78, 5) is 45.5. The Morgan fingerprint density at radius 1 is 1.12 bits per heavy atom. The van der Waals surface area contributed by atoms with Crippen LogP contribution in [0.25, 0.3) is 11.0 Å². The highest BCUT2D eigenvalue weighted by Crippen LogP contribution is 2.38. The standard InChI is InChI=1S/C14H26FNO3.C13H25NO.C10H7NO4/c1-5-11(10-17)7-6-8-12(9-15)16-13(18)19-14(2,3)4;1-10-13(8-9-14(10)2)11-4-6-12(15-3)7-5-11;12-5-11-7-1-2-8-6(3-7)4-9(15-8)10(13)14/h10-12H,5-9H2,1-4H3,(H,16,18);10-13H,4-9H2,1-3H3;1-5H,(H,11,12)(H,13,14). The summed E-state index contributed by atoms with van der Waals surface area (Å²) in [5.41, 5.74) is 0.481. The number of anilines is 1. The van der Waals surface area contributed by atoms with Gasteiger partial charge in [0.2, 0.25) is 12.2 Å². The Bertz CT molecular complexity index is 1300. The molecule has 1 aliphatic heterocycles. The summed E-state index contributed by atoms with van der Waals surface area (Å²) in [6, 6.07) is 6.54. The number of ether oxygens (including phenoxy) is 2. The third-order valence-electron chi connectivity index (χ3n) is 9.49. The van der Waals surface area contributed by atoms with Crippen LogP contribution in [-0.4, -0.2) is 85.9 Å². The molecule has 1 aromatic carbocycles. The number of rotatable bonds is 13. The molecule has 4 unspecified atom stereocenters. The molecule has 276 valence electrons. The maximum atomic E-state index is 12.8. The number of carboxylic acids is 1. The zero-order valence-corrected chi connectivity index (χ0v) is 30.3. The van der Waals surface area contributed by atoms with E-state index < -0.39 is 30.4 Å². The lowest BCUT2D eigenvalue weighted by molar-refractivity contribution is -0.111. The molecule has 1 aromatic heterocycles. The third kappa shape index (κ3) is 14.5. The Balaban J connectivity index is 0.000000257. The lowest BCUT2D eigenvalue weighted by Gasteiger charge is -2.34. The van der Waals surface area contributed by atoms with Crippen molar-refractivity contribution in [2.75, 3.05) is 32.7 Å². The van der Waals surface area contributed by atoms with E-state index in [9.17, 15) is 23.6 Å². The quantitative estimate of drug-likeness (QED) is 0.182. The first-order valence-electron chi connectivity index (χ1n) is 17.5. The van der Waals surface area contributed by atoms with Crippen LogP contribution in [0, 0.1) is 17.8 Å². The number of fused-ring (bicyclic) bond motifs is 1. The van der Waals surface area contributed by atoms with Crippen molar-refractivity contribution in [3.05, 3.63) is 30.0 Å². The maximum absolute atomic E-state index is 12.8. The molecule has 2 amide bonds. The van der Waals surface area contributed by atoms with Crippen molar-refractivity contribution in [1.29, 1.82) is 0 Å². The second kappa shape index (κ2) is 20.9. The van der Waals surface area contributed by atoms with Crippen LogP contribution in [0.4, 0.5) is 14.9 Å². The molecule has 3 N–H and O–H groups in total. The largest absolute Gasteiger partial charge is 0.475 e. The average Bonchev–Trinajstić information content (AvgIpc) is 3.65. The van der Waals surface area contributed by atoms with Gasteiger partial charge < -0.3 is 39.3 Å². The van der Waals surface area contributed by atoms with Gasteiger partial charge >= 0.3 is 12.1 Å². The highest BCUT2D eigenvalue weighted by molar-refractivity contribution is 5.93. The number of aldehydes is 1. The van der Waals surface area contributed by atoms with E-state index in [0.29, 0.717) is 42.0 Å². The predicted molar refractivity (Wildman–Crippen MR) is 189 cm³/mol. The molecule has 0 radical (unpaired) electrons. The van der Waals surface area contributed by atoms with Crippen molar-refractivity contribution >= 4 is 41.4 Å². The van der Waals surface area contributed by atoms with Crippen LogP contribution in [0.15, 0.2) is 28.7 Å². The molecule has 4 rings (SSSR count). The van der Waals surface area contributed by atoms with E-state index in [0.717, 1.165) is 37.0 Å². The lowest BCUT2D eigenvalue weighted by Crippen LogP contribution is -2.40. The summed E-state index contributed by atoms with van der Waals surface area (Å²) in [7, 11) is 4.13. The van der Waals surface area contributed by atoms with E-state index in [1.54, 1.807) is 39.0 Å². The number of hydrogen-bond acceptors (Lipinski definition) is 8. The molecule has 2 heterocycles. The number of carbonyl (C=O) groups is 4. The number of alkyl halides is 1. The van der Waals surface area contributed by atoms with Crippen LogP contribution in [0.5, 0.6) is 0 Å². The van der Waals surface area contributed by atoms with Crippen LogP contribution < -0.4 is 10.6 Å². The summed E-state index contributed by atoms with van der Waals surface area (Å²) in [6.07, 6.45) is 11.0. The van der Waals surface area contributed by atoms with E-state index >= 15 is 0 Å². The molecule has 1 saturated carbocycles. The Hall–Kier alpha value is -3.51. The van der Waals surface area contributed by atoms with Crippen LogP contribution in [-0.2, 0) is 19.1 Å². The molecular weight excluding hydrogens is 633 g/mol. The molecule has 4 atom stereocenters. The van der Waals surface area contributed by atoms with E-state index in [1.807, 2.05) is 14.0 Å². The van der Waals surface area contributed by atoms with Crippen molar-refractivity contribution in [3.63, 3.8) is 0 Å². The highest BCUT2D eigenvalue weighted by Gasteiger charge is 2.36. The first-order chi connectivity index (χ1) is 23.2. The first kappa shape index (κ1) is 41.7. The van der Waals surface area contributed by atoms with Gasteiger partial charge in [-0.1, -0.05) is 13.3 Å². The van der Waals surface area contributed by atoms with Crippen molar-refractivity contribution in [2.24, 2.45) is 17.8 Å². The van der Waals surface area contributed by atoms with Crippen LogP contribution in [0.1, 0.15) is 103 Å². The van der Waals surface area contributed by atoms with E-state index in [-0.39, 0.29) is 11.7 Å². The second-order valence-electron chi connectivity index (χ2n) is 14.1. The summed E-state index contributed by atoms with van der Waals surface area (Å²) < 4.78 is 28.4. The normalized spacial score (nSPS) is 22.0. The molecule has 12 heteroatoms. The molecule has 1 aliphatic carbocycles. The Labute approximate surface area is 290 Å². The van der Waals surface area contributed by atoms with Crippen LogP contribution in [0.3, 0.4) is 0 Å². The molecule has 2 aromatic rings. The van der Waals surface area contributed by atoms with Gasteiger partial charge in [0.15, 0.2) is 0 Å². The number of alkyl carbamates (subject to hydrolysis) is 1. The van der Waals surface area contributed by atoms with Gasteiger partial charge in [0.05, 0.1) is 12.1 Å². The van der Waals surface area contributed by atoms with Gasteiger partial charge in [-0.05, 0) is 129 Å². The molecule has 49 heavy (non-hydrogen) atoms. The average molecular weight is 692 g/mol. The number of aromatic carboxylic acids is 1. The number of methoxy groups -OCH3 is 1. The SMILES string of the molecule is CCC(C=O)CCCC(CF)NC(=O)OC(C)(C)C.COC1CCC(C2CCN(C)C2C)CC1.O=CNc1ccc2oc(C(=O)O)cc2c1. The Morgan fingerprint density at radius 3 is 2.33 bits per heavy atom. The van der Waals surface area contributed by atoms with E-state index in [1.165, 1.54) is 44.7 Å². The van der Waals surface area contributed by atoms with Gasteiger partial charge in [-0.15, -0.1) is 0 Å². The Kier molecular flexibility index (Phi) is 17.7.